The summed E-state index contributed by atoms with van der Waals surface area (Å²) in [6, 6.07) is 9.77. The van der Waals surface area contributed by atoms with E-state index in [9.17, 15) is 0 Å². The Hall–Kier alpha value is -2.43. The Bertz CT molecular complexity index is 712. The summed E-state index contributed by atoms with van der Waals surface area (Å²) >= 11 is 0. The Morgan fingerprint density at radius 1 is 1.15 bits per heavy atom. The van der Waals surface area contributed by atoms with Crippen LogP contribution in [0.1, 0.15) is 37.1 Å². The zero-order chi connectivity index (χ0) is 14.1. The lowest BCUT2D eigenvalue weighted by Gasteiger charge is -2.07. The van der Waals surface area contributed by atoms with Gasteiger partial charge in [-0.25, -0.2) is 15.0 Å². The van der Waals surface area contributed by atoms with Gasteiger partial charge in [-0.15, -0.1) is 0 Å². The van der Waals surface area contributed by atoms with Crippen LogP contribution in [-0.4, -0.2) is 19.9 Å². The first-order valence-corrected chi connectivity index (χ1v) is 6.69. The number of imidazole rings is 1. The second-order valence-corrected chi connectivity index (χ2v) is 5.17. The summed E-state index contributed by atoms with van der Waals surface area (Å²) in [5, 5.41) is 0. The molecule has 3 rings (SSSR count). The normalized spacial score (nSPS) is 11.3. The second kappa shape index (κ2) is 4.92. The maximum absolute atomic E-state index is 5.84. The van der Waals surface area contributed by atoms with Gasteiger partial charge in [-0.2, -0.15) is 0 Å². The number of H-pyrrole nitrogens is 1. The van der Waals surface area contributed by atoms with E-state index in [0.717, 1.165) is 22.6 Å². The summed E-state index contributed by atoms with van der Waals surface area (Å²) in [6.45, 7) is 4.18. The number of rotatable bonds is 3. The van der Waals surface area contributed by atoms with E-state index in [-0.39, 0.29) is 0 Å². The molecule has 0 aliphatic carbocycles. The van der Waals surface area contributed by atoms with E-state index in [1.54, 1.807) is 0 Å². The topological polar surface area (TPSA) is 80.5 Å². The molecule has 0 saturated carbocycles. The summed E-state index contributed by atoms with van der Waals surface area (Å²) in [6.07, 6.45) is 0.555. The van der Waals surface area contributed by atoms with E-state index >= 15 is 0 Å². The molecule has 102 valence electrons. The quantitative estimate of drug-likeness (QED) is 0.764. The third-order valence-corrected chi connectivity index (χ3v) is 3.17. The fourth-order valence-corrected chi connectivity index (χ4v) is 2.15. The number of nitrogen functional groups attached to an aromatic ring is 1. The van der Waals surface area contributed by atoms with Gasteiger partial charge in [0.15, 0.2) is 0 Å². The number of nitrogens with one attached hydrogen (secondary N) is 1. The molecule has 0 unspecified atom stereocenters. The van der Waals surface area contributed by atoms with Crippen LogP contribution in [0.4, 0.5) is 5.82 Å². The minimum atomic E-state index is 0.328. The van der Waals surface area contributed by atoms with Crippen molar-refractivity contribution >= 4 is 16.9 Å². The Morgan fingerprint density at radius 3 is 2.70 bits per heavy atom. The fraction of sp³-hybridized carbons (Fsp3) is 0.267. The minimum Gasteiger partial charge on any atom is -0.384 e. The second-order valence-electron chi connectivity index (χ2n) is 5.17. The van der Waals surface area contributed by atoms with Gasteiger partial charge in [0.1, 0.15) is 17.5 Å². The van der Waals surface area contributed by atoms with Crippen LogP contribution in [0.15, 0.2) is 30.3 Å². The molecule has 0 saturated heterocycles. The van der Waals surface area contributed by atoms with E-state index < -0.39 is 0 Å². The molecular weight excluding hydrogens is 250 g/mol. The van der Waals surface area contributed by atoms with Crippen molar-refractivity contribution in [1.82, 2.24) is 19.9 Å². The van der Waals surface area contributed by atoms with E-state index in [1.165, 1.54) is 0 Å². The molecule has 5 heteroatoms. The lowest BCUT2D eigenvalue weighted by Crippen LogP contribution is -2.05. The molecule has 3 aromatic rings. The summed E-state index contributed by atoms with van der Waals surface area (Å²) in [5.41, 5.74) is 8.78. The van der Waals surface area contributed by atoms with Crippen molar-refractivity contribution < 1.29 is 0 Å². The van der Waals surface area contributed by atoms with Gasteiger partial charge in [0.05, 0.1) is 17.5 Å². The fourth-order valence-electron chi connectivity index (χ4n) is 2.15. The standard InChI is InChI=1S/C15H17N5/c1-9(2)12-7-13(16)20-15(19-12)8-14-17-10-5-3-4-6-11(10)18-14/h3-7,9H,8H2,1-2H3,(H,17,18)(H2,16,19,20). The number of para-hydroxylation sites is 2. The molecule has 1 aromatic carbocycles. The molecule has 20 heavy (non-hydrogen) atoms. The van der Waals surface area contributed by atoms with Crippen molar-refractivity contribution in [2.75, 3.05) is 5.73 Å². The first-order valence-electron chi connectivity index (χ1n) is 6.69. The number of hydrogen-bond acceptors (Lipinski definition) is 4. The highest BCUT2D eigenvalue weighted by molar-refractivity contribution is 5.74. The molecule has 0 fully saturated rings. The number of fused-ring (bicyclic) bond motifs is 1. The number of hydrogen-bond donors (Lipinski definition) is 2. The highest BCUT2D eigenvalue weighted by Crippen LogP contribution is 2.16. The van der Waals surface area contributed by atoms with Crippen molar-refractivity contribution in [3.63, 3.8) is 0 Å². The zero-order valence-corrected chi connectivity index (χ0v) is 11.6. The van der Waals surface area contributed by atoms with Crippen LogP contribution in [-0.2, 0) is 6.42 Å². The smallest absolute Gasteiger partial charge is 0.138 e. The molecule has 3 N–H and O–H groups in total. The Morgan fingerprint density at radius 2 is 1.95 bits per heavy atom. The van der Waals surface area contributed by atoms with E-state index in [1.807, 2.05) is 30.3 Å². The summed E-state index contributed by atoms with van der Waals surface area (Å²) in [4.78, 5) is 16.7. The molecule has 2 aromatic heterocycles. The highest BCUT2D eigenvalue weighted by Gasteiger charge is 2.09. The summed E-state index contributed by atoms with van der Waals surface area (Å²) in [5.74, 6) is 2.39. The van der Waals surface area contributed by atoms with Crippen LogP contribution in [0.2, 0.25) is 0 Å². The molecule has 0 aliphatic rings. The number of nitrogens with zero attached hydrogens (tertiary/aromatic N) is 3. The predicted octanol–water partition coefficient (Wildman–Crippen LogP) is 2.65. The average molecular weight is 267 g/mol. The maximum atomic E-state index is 5.84. The molecule has 0 atom stereocenters. The lowest BCUT2D eigenvalue weighted by atomic mass is 10.1. The van der Waals surface area contributed by atoms with Crippen molar-refractivity contribution in [2.45, 2.75) is 26.2 Å². The van der Waals surface area contributed by atoms with Crippen molar-refractivity contribution in [1.29, 1.82) is 0 Å². The molecule has 0 radical (unpaired) electrons. The first kappa shape index (κ1) is 12.6. The largest absolute Gasteiger partial charge is 0.384 e. The molecule has 0 amide bonds. The van der Waals surface area contributed by atoms with Gasteiger partial charge in [-0.3, -0.25) is 0 Å². The van der Waals surface area contributed by atoms with E-state index in [0.29, 0.717) is 24.0 Å². The van der Waals surface area contributed by atoms with Crippen LogP contribution in [0.25, 0.3) is 11.0 Å². The molecule has 0 bridgehead atoms. The van der Waals surface area contributed by atoms with E-state index in [2.05, 4.69) is 33.8 Å². The van der Waals surface area contributed by atoms with Crippen LogP contribution < -0.4 is 5.73 Å². The highest BCUT2D eigenvalue weighted by atomic mass is 15.0. The Kier molecular flexibility index (Phi) is 3.10. The molecule has 0 aliphatic heterocycles. The van der Waals surface area contributed by atoms with E-state index in [4.69, 9.17) is 5.73 Å². The third-order valence-electron chi connectivity index (χ3n) is 3.17. The lowest BCUT2D eigenvalue weighted by molar-refractivity contribution is 0.788. The van der Waals surface area contributed by atoms with Crippen LogP contribution in [0.3, 0.4) is 0 Å². The SMILES string of the molecule is CC(C)c1cc(N)nc(Cc2nc3ccccc3[nH]2)n1. The van der Waals surface area contributed by atoms with Crippen LogP contribution in [0.5, 0.6) is 0 Å². The zero-order valence-electron chi connectivity index (χ0n) is 11.6. The summed E-state index contributed by atoms with van der Waals surface area (Å²) < 4.78 is 0. The van der Waals surface area contributed by atoms with Gasteiger partial charge in [-0.05, 0) is 18.1 Å². The maximum Gasteiger partial charge on any atom is 0.138 e. The Labute approximate surface area is 117 Å². The number of anilines is 1. The predicted molar refractivity (Wildman–Crippen MR) is 79.4 cm³/mol. The van der Waals surface area contributed by atoms with Gasteiger partial charge in [-0.1, -0.05) is 26.0 Å². The minimum absolute atomic E-state index is 0.328. The first-order chi connectivity index (χ1) is 9.61. The molecule has 0 spiro atoms. The number of aromatic amines is 1. The number of benzene rings is 1. The van der Waals surface area contributed by atoms with Crippen LogP contribution in [0, 0.1) is 0 Å². The van der Waals surface area contributed by atoms with Crippen molar-refractivity contribution in [3.8, 4) is 0 Å². The molecule has 2 heterocycles. The van der Waals surface area contributed by atoms with Gasteiger partial charge in [0.25, 0.3) is 0 Å². The number of nitrogens with two attached hydrogens (primary N) is 1. The van der Waals surface area contributed by atoms with Crippen molar-refractivity contribution in [3.05, 3.63) is 47.7 Å². The van der Waals surface area contributed by atoms with Gasteiger partial charge >= 0.3 is 0 Å². The Balaban J connectivity index is 1.94. The molecule has 5 nitrogen and oxygen atoms in total. The molecular formula is C15H17N5. The summed E-state index contributed by atoms with van der Waals surface area (Å²) in [7, 11) is 0. The monoisotopic (exact) mass is 267 g/mol. The number of aromatic nitrogens is 4. The van der Waals surface area contributed by atoms with Gasteiger partial charge in [0.2, 0.25) is 0 Å². The third kappa shape index (κ3) is 2.47. The average Bonchev–Trinajstić information content (AvgIpc) is 2.79. The van der Waals surface area contributed by atoms with Crippen molar-refractivity contribution in [2.24, 2.45) is 0 Å². The van der Waals surface area contributed by atoms with Crippen LogP contribution >= 0.6 is 0 Å². The van der Waals surface area contributed by atoms with Gasteiger partial charge in [0, 0.05) is 11.8 Å². The van der Waals surface area contributed by atoms with Gasteiger partial charge < -0.3 is 10.7 Å².